The van der Waals surface area contributed by atoms with Crippen molar-refractivity contribution in [3.63, 3.8) is 0 Å². The molecule has 3 rings (SSSR count). The van der Waals surface area contributed by atoms with Crippen LogP contribution < -0.4 is 0 Å². The highest BCUT2D eigenvalue weighted by Gasteiger charge is 2.17. The van der Waals surface area contributed by atoms with Crippen LogP contribution in [0.25, 0.3) is 27.9 Å². The van der Waals surface area contributed by atoms with Gasteiger partial charge >= 0.3 is 0 Å². The number of halogens is 2. The Balaban J connectivity index is 1.85. The Morgan fingerprint density at radius 3 is 2.50 bits per heavy atom. The van der Waals surface area contributed by atoms with Crippen molar-refractivity contribution in [2.75, 3.05) is 0 Å². The SMILES string of the molecule is C=Cc1nc2c(Cl)c(Cl)c3c(CCCCCCCCC)cccc3c2[nH]1. The number of aryl methyl sites for hydroxylation is 1. The molecule has 1 N–H and O–H groups in total. The van der Waals surface area contributed by atoms with Gasteiger partial charge in [0.25, 0.3) is 0 Å². The average Bonchev–Trinajstić information content (AvgIpc) is 3.10. The van der Waals surface area contributed by atoms with Crippen molar-refractivity contribution < 1.29 is 0 Å². The van der Waals surface area contributed by atoms with Crippen LogP contribution in [0.15, 0.2) is 24.8 Å². The first-order chi connectivity index (χ1) is 12.7. The van der Waals surface area contributed by atoms with Gasteiger partial charge in [-0.2, -0.15) is 0 Å². The summed E-state index contributed by atoms with van der Waals surface area (Å²) >= 11 is 13.2. The topological polar surface area (TPSA) is 28.7 Å². The number of hydrogen-bond donors (Lipinski definition) is 1. The van der Waals surface area contributed by atoms with Crippen LogP contribution in [0.1, 0.15) is 63.3 Å². The third-order valence-electron chi connectivity index (χ3n) is 5.01. The van der Waals surface area contributed by atoms with Gasteiger partial charge in [0.05, 0.1) is 15.6 Å². The average molecular weight is 389 g/mol. The number of nitrogens with zero attached hydrogens (tertiary/aromatic N) is 1. The van der Waals surface area contributed by atoms with E-state index in [1.165, 1.54) is 50.5 Å². The Morgan fingerprint density at radius 2 is 1.77 bits per heavy atom. The van der Waals surface area contributed by atoms with E-state index in [0.717, 1.165) is 22.7 Å². The molecule has 138 valence electrons. The van der Waals surface area contributed by atoms with Crippen LogP contribution >= 0.6 is 23.2 Å². The highest BCUT2D eigenvalue weighted by Crippen LogP contribution is 2.40. The van der Waals surface area contributed by atoms with Gasteiger partial charge in [0.15, 0.2) is 0 Å². The Labute approximate surface area is 165 Å². The smallest absolute Gasteiger partial charge is 0.130 e. The molecular formula is C22H26Cl2N2. The van der Waals surface area contributed by atoms with Crippen LogP contribution in [0.3, 0.4) is 0 Å². The predicted molar refractivity (Wildman–Crippen MR) is 115 cm³/mol. The normalized spacial score (nSPS) is 11.5. The van der Waals surface area contributed by atoms with Gasteiger partial charge in [-0.05, 0) is 24.5 Å². The fourth-order valence-corrected chi connectivity index (χ4v) is 4.15. The van der Waals surface area contributed by atoms with Crippen molar-refractivity contribution in [1.29, 1.82) is 0 Å². The first-order valence-corrected chi connectivity index (χ1v) is 10.3. The monoisotopic (exact) mass is 388 g/mol. The lowest BCUT2D eigenvalue weighted by molar-refractivity contribution is 0.590. The maximum atomic E-state index is 6.65. The van der Waals surface area contributed by atoms with Crippen molar-refractivity contribution in [2.45, 2.75) is 58.3 Å². The Hall–Kier alpha value is -1.51. The standard InChI is InChI=1S/C22H26Cl2N2/c1-3-5-6-7-8-9-10-12-15-13-11-14-16-18(15)19(23)20(24)22-21(16)25-17(4-2)26-22/h4,11,13-14H,2-3,5-10,12H2,1H3,(H,25,26). The predicted octanol–water partition coefficient (Wildman–Crippen LogP) is 7.96. The molecule has 0 saturated heterocycles. The van der Waals surface area contributed by atoms with Gasteiger partial charge in [-0.15, -0.1) is 0 Å². The maximum Gasteiger partial charge on any atom is 0.130 e. The lowest BCUT2D eigenvalue weighted by atomic mass is 9.98. The summed E-state index contributed by atoms with van der Waals surface area (Å²) in [5, 5.41) is 3.26. The van der Waals surface area contributed by atoms with Gasteiger partial charge in [0, 0.05) is 10.8 Å². The number of fused-ring (bicyclic) bond motifs is 3. The molecule has 0 unspecified atom stereocenters. The number of unbranched alkanes of at least 4 members (excludes halogenated alkanes) is 6. The Bertz CT molecular complexity index is 912. The Morgan fingerprint density at radius 1 is 1.04 bits per heavy atom. The van der Waals surface area contributed by atoms with Crippen LogP contribution in [0, 0.1) is 0 Å². The van der Waals surface area contributed by atoms with Crippen molar-refractivity contribution >= 4 is 51.1 Å². The molecule has 0 radical (unpaired) electrons. The molecule has 1 aromatic heterocycles. The van der Waals surface area contributed by atoms with Crippen molar-refractivity contribution in [2.24, 2.45) is 0 Å². The van der Waals surface area contributed by atoms with E-state index >= 15 is 0 Å². The number of H-pyrrole nitrogens is 1. The molecule has 0 aliphatic carbocycles. The van der Waals surface area contributed by atoms with Gasteiger partial charge in [-0.1, -0.05) is 93.4 Å². The van der Waals surface area contributed by atoms with Crippen LogP contribution in [-0.2, 0) is 6.42 Å². The zero-order valence-corrected chi connectivity index (χ0v) is 16.9. The lowest BCUT2D eigenvalue weighted by Crippen LogP contribution is -1.91. The molecule has 0 aliphatic heterocycles. The molecule has 0 atom stereocenters. The van der Waals surface area contributed by atoms with E-state index in [-0.39, 0.29) is 0 Å². The summed E-state index contributed by atoms with van der Waals surface area (Å²) < 4.78 is 0. The molecular weight excluding hydrogens is 363 g/mol. The fraction of sp³-hybridized carbons (Fsp3) is 0.409. The highest BCUT2D eigenvalue weighted by atomic mass is 35.5. The van der Waals surface area contributed by atoms with Crippen molar-refractivity contribution in [3.05, 3.63) is 46.2 Å². The minimum atomic E-state index is 0.519. The molecule has 0 spiro atoms. The first kappa shape index (κ1) is 19.3. The highest BCUT2D eigenvalue weighted by molar-refractivity contribution is 6.49. The van der Waals surface area contributed by atoms with Crippen LogP contribution in [-0.4, -0.2) is 9.97 Å². The quantitative estimate of drug-likeness (QED) is 0.370. The second-order valence-electron chi connectivity index (χ2n) is 6.89. The molecule has 0 saturated carbocycles. The summed E-state index contributed by atoms with van der Waals surface area (Å²) in [5.74, 6) is 0.711. The summed E-state index contributed by atoms with van der Waals surface area (Å²) in [6, 6.07) is 6.34. The van der Waals surface area contributed by atoms with Crippen LogP contribution in [0.5, 0.6) is 0 Å². The van der Waals surface area contributed by atoms with Crippen LogP contribution in [0.2, 0.25) is 10.0 Å². The number of rotatable bonds is 9. The zero-order chi connectivity index (χ0) is 18.5. The minimum Gasteiger partial charge on any atom is -0.338 e. The molecule has 2 nitrogen and oxygen atoms in total. The van der Waals surface area contributed by atoms with Gasteiger partial charge in [-0.3, -0.25) is 0 Å². The van der Waals surface area contributed by atoms with Crippen molar-refractivity contribution in [1.82, 2.24) is 9.97 Å². The van der Waals surface area contributed by atoms with Gasteiger partial charge in [0.2, 0.25) is 0 Å². The third kappa shape index (κ3) is 3.92. The molecule has 1 heterocycles. The zero-order valence-electron chi connectivity index (χ0n) is 15.4. The second kappa shape index (κ2) is 8.92. The first-order valence-electron chi connectivity index (χ1n) is 9.58. The Kier molecular flexibility index (Phi) is 6.61. The molecule has 4 heteroatoms. The molecule has 0 fully saturated rings. The fourth-order valence-electron chi connectivity index (χ4n) is 3.60. The minimum absolute atomic E-state index is 0.519. The van der Waals surface area contributed by atoms with E-state index < -0.39 is 0 Å². The number of aromatic amines is 1. The number of hydrogen-bond acceptors (Lipinski definition) is 1. The van der Waals surface area contributed by atoms with E-state index in [9.17, 15) is 0 Å². The van der Waals surface area contributed by atoms with Crippen LogP contribution in [0.4, 0.5) is 0 Å². The summed E-state index contributed by atoms with van der Waals surface area (Å²) in [6.45, 7) is 6.04. The molecule has 0 aliphatic rings. The summed E-state index contributed by atoms with van der Waals surface area (Å²) in [7, 11) is 0. The van der Waals surface area contributed by atoms with Gasteiger partial charge in [-0.25, -0.2) is 4.98 Å². The molecule has 3 aromatic rings. The number of benzene rings is 2. The molecule has 0 bridgehead atoms. The van der Waals surface area contributed by atoms with Gasteiger partial charge in [0.1, 0.15) is 11.3 Å². The third-order valence-corrected chi connectivity index (χ3v) is 5.85. The molecule has 2 aromatic carbocycles. The van der Waals surface area contributed by atoms with E-state index in [1.807, 2.05) is 0 Å². The van der Waals surface area contributed by atoms with E-state index in [1.54, 1.807) is 6.08 Å². The largest absolute Gasteiger partial charge is 0.338 e. The van der Waals surface area contributed by atoms with E-state index in [4.69, 9.17) is 23.2 Å². The maximum absolute atomic E-state index is 6.65. The van der Waals surface area contributed by atoms with Crippen molar-refractivity contribution in [3.8, 4) is 0 Å². The molecule has 0 amide bonds. The number of nitrogens with one attached hydrogen (secondary N) is 1. The lowest BCUT2D eigenvalue weighted by Gasteiger charge is -2.11. The summed E-state index contributed by atoms with van der Waals surface area (Å²) in [6.07, 6.45) is 11.8. The second-order valence-corrected chi connectivity index (χ2v) is 7.64. The number of imidazole rings is 1. The summed E-state index contributed by atoms with van der Waals surface area (Å²) in [5.41, 5.74) is 2.91. The van der Waals surface area contributed by atoms with Gasteiger partial charge < -0.3 is 4.98 Å². The van der Waals surface area contributed by atoms with E-state index in [2.05, 4.69) is 41.7 Å². The summed E-state index contributed by atoms with van der Waals surface area (Å²) in [4.78, 5) is 7.80. The number of aromatic nitrogens is 2. The van der Waals surface area contributed by atoms with E-state index in [0.29, 0.717) is 21.4 Å². The molecule has 26 heavy (non-hydrogen) atoms.